The Morgan fingerprint density at radius 2 is 1.95 bits per heavy atom. The Bertz CT molecular complexity index is 1400. The normalized spacial score (nSPS) is 17.3. The Morgan fingerprint density at radius 1 is 1.14 bits per heavy atom. The molecule has 2 aliphatic rings. The second-order valence-electron chi connectivity index (χ2n) is 11.9. The van der Waals surface area contributed by atoms with Crippen molar-refractivity contribution in [1.82, 2.24) is 19.5 Å². The second kappa shape index (κ2) is 12.2. The predicted octanol–water partition coefficient (Wildman–Crippen LogP) is 7.54. The van der Waals surface area contributed by atoms with E-state index in [1.54, 1.807) is 24.4 Å². The van der Waals surface area contributed by atoms with Gasteiger partial charge in [0.05, 0.1) is 17.6 Å². The van der Waals surface area contributed by atoms with Gasteiger partial charge in [-0.2, -0.15) is 13.2 Å². The lowest BCUT2D eigenvalue weighted by atomic mass is 10.0. The van der Waals surface area contributed by atoms with E-state index in [1.807, 2.05) is 12.1 Å². The number of carbonyl (C=O) groups excluding carboxylic acids is 1. The van der Waals surface area contributed by atoms with E-state index in [0.717, 1.165) is 43.5 Å². The first-order valence-corrected chi connectivity index (χ1v) is 15.4. The average Bonchev–Trinajstić information content (AvgIpc) is 3.47. The molecule has 5 rings (SSSR count). The molecule has 1 amide bonds. The quantitative estimate of drug-likeness (QED) is 0.216. The van der Waals surface area contributed by atoms with Gasteiger partial charge in [0.1, 0.15) is 5.82 Å². The Balaban J connectivity index is 1.31. The van der Waals surface area contributed by atoms with Crippen LogP contribution in [0.5, 0.6) is 5.88 Å². The number of nitrogens with one attached hydrogen (secondary N) is 1. The van der Waals surface area contributed by atoms with E-state index >= 15 is 0 Å². The summed E-state index contributed by atoms with van der Waals surface area (Å²) in [6.45, 7) is 7.15. The maximum atomic E-state index is 13.5. The van der Waals surface area contributed by atoms with Crippen LogP contribution >= 0.6 is 11.9 Å². The van der Waals surface area contributed by atoms with Crippen LogP contribution in [0.2, 0.25) is 0 Å². The third-order valence-corrected chi connectivity index (χ3v) is 9.10. The topological polar surface area (TPSA) is 72.3 Å². The van der Waals surface area contributed by atoms with E-state index in [-0.39, 0.29) is 43.2 Å². The van der Waals surface area contributed by atoms with Gasteiger partial charge in [-0.15, -0.1) is 5.10 Å². The lowest BCUT2D eigenvalue weighted by Crippen LogP contribution is -2.40. The highest BCUT2D eigenvalue weighted by atomic mass is 32.2. The zero-order valence-electron chi connectivity index (χ0n) is 24.3. The number of aryl methyl sites for hydroxylation is 1. The van der Waals surface area contributed by atoms with E-state index < -0.39 is 11.6 Å². The number of amides is 1. The molecule has 1 aromatic carbocycles. The molecular formula is C31H38F3N5O2S. The molecule has 0 atom stereocenters. The number of hydrogen-bond donors (Lipinski definition) is 1. The molecular weight excluding hydrogens is 563 g/mol. The maximum Gasteiger partial charge on any atom is 0.394 e. The van der Waals surface area contributed by atoms with Crippen LogP contribution in [0.25, 0.3) is 5.82 Å². The first-order valence-electron chi connectivity index (χ1n) is 14.6. The summed E-state index contributed by atoms with van der Waals surface area (Å²) in [6.07, 6.45) is 2.89. The van der Waals surface area contributed by atoms with Crippen molar-refractivity contribution in [3.63, 3.8) is 0 Å². The van der Waals surface area contributed by atoms with Crippen LogP contribution in [0.15, 0.2) is 53.6 Å². The van der Waals surface area contributed by atoms with Crippen molar-refractivity contribution in [2.75, 3.05) is 18.1 Å². The molecule has 1 aliphatic heterocycles. The van der Waals surface area contributed by atoms with Crippen molar-refractivity contribution in [3.8, 4) is 11.7 Å². The van der Waals surface area contributed by atoms with Crippen LogP contribution < -0.4 is 14.4 Å². The summed E-state index contributed by atoms with van der Waals surface area (Å²) in [5.74, 6) is 1.06. The van der Waals surface area contributed by atoms with Gasteiger partial charge in [-0.05, 0) is 101 Å². The van der Waals surface area contributed by atoms with Gasteiger partial charge in [0.2, 0.25) is 5.88 Å². The van der Waals surface area contributed by atoms with Crippen molar-refractivity contribution >= 4 is 23.7 Å². The van der Waals surface area contributed by atoms with Crippen molar-refractivity contribution in [3.05, 3.63) is 59.8 Å². The molecule has 0 bridgehead atoms. The number of rotatable bonds is 12. The van der Waals surface area contributed by atoms with E-state index in [4.69, 9.17) is 9.72 Å². The minimum atomic E-state index is -4.20. The van der Waals surface area contributed by atoms with Gasteiger partial charge < -0.3 is 9.64 Å². The van der Waals surface area contributed by atoms with Gasteiger partial charge in [0, 0.05) is 29.2 Å². The Morgan fingerprint density at radius 3 is 2.64 bits per heavy atom. The van der Waals surface area contributed by atoms with E-state index in [1.165, 1.54) is 22.2 Å². The molecule has 0 radical (unpaired) electrons. The molecule has 7 nitrogen and oxygen atoms in total. The van der Waals surface area contributed by atoms with Crippen LogP contribution in [0.4, 0.5) is 19.0 Å². The zero-order chi connectivity index (χ0) is 30.0. The van der Waals surface area contributed by atoms with Gasteiger partial charge >= 0.3 is 6.18 Å². The Kier molecular flexibility index (Phi) is 8.78. The van der Waals surface area contributed by atoms with Crippen molar-refractivity contribution in [1.29, 1.82) is 0 Å². The number of carbonyl (C=O) groups is 1. The number of unbranched alkanes of at least 4 members (excludes halogenated alkanes) is 1. The SMILES string of the molecule is CCCCc1cccc(SNC(=O)c2ccc(-n3ccc(OCCC4(C(F)(F)F)CC4)n3)nc2N2CCCC2(C)C)c1. The molecule has 1 saturated carbocycles. The molecule has 1 N–H and O–H groups in total. The number of anilines is 1. The fourth-order valence-electron chi connectivity index (χ4n) is 5.44. The summed E-state index contributed by atoms with van der Waals surface area (Å²) < 4.78 is 49.8. The second-order valence-corrected chi connectivity index (χ2v) is 12.7. The van der Waals surface area contributed by atoms with Gasteiger partial charge in [0.25, 0.3) is 5.91 Å². The predicted molar refractivity (Wildman–Crippen MR) is 158 cm³/mol. The minimum Gasteiger partial charge on any atom is -0.477 e. The van der Waals surface area contributed by atoms with Crippen LogP contribution in [-0.2, 0) is 6.42 Å². The first-order chi connectivity index (χ1) is 20.0. The maximum absolute atomic E-state index is 13.5. The van der Waals surface area contributed by atoms with Crippen molar-refractivity contribution in [2.45, 2.75) is 88.7 Å². The summed E-state index contributed by atoms with van der Waals surface area (Å²) in [4.78, 5) is 21.5. The largest absolute Gasteiger partial charge is 0.477 e. The summed E-state index contributed by atoms with van der Waals surface area (Å²) in [5.41, 5.74) is -0.0801. The lowest BCUT2D eigenvalue weighted by Gasteiger charge is -2.34. The number of nitrogens with zero attached hydrogens (tertiary/aromatic N) is 4. The highest BCUT2D eigenvalue weighted by molar-refractivity contribution is 7.98. The van der Waals surface area contributed by atoms with Crippen molar-refractivity contribution in [2.24, 2.45) is 5.41 Å². The minimum absolute atomic E-state index is 0.0601. The number of pyridine rings is 1. The molecule has 42 heavy (non-hydrogen) atoms. The third kappa shape index (κ3) is 6.71. The summed E-state index contributed by atoms with van der Waals surface area (Å²) in [6, 6.07) is 13.3. The Hall–Kier alpha value is -3.21. The zero-order valence-corrected chi connectivity index (χ0v) is 25.2. The number of halogens is 3. The smallest absolute Gasteiger partial charge is 0.394 e. The lowest BCUT2D eigenvalue weighted by molar-refractivity contribution is -0.190. The monoisotopic (exact) mass is 601 g/mol. The van der Waals surface area contributed by atoms with Gasteiger partial charge in [-0.25, -0.2) is 9.67 Å². The summed E-state index contributed by atoms with van der Waals surface area (Å²) in [7, 11) is 0. The molecule has 1 aliphatic carbocycles. The summed E-state index contributed by atoms with van der Waals surface area (Å²) in [5, 5.41) is 4.39. The number of alkyl halides is 3. The first kappa shape index (κ1) is 30.3. The average molecular weight is 602 g/mol. The number of benzene rings is 1. The molecule has 0 spiro atoms. The standard InChI is InChI=1S/C31H38F3N5O2S/c1-4-5-8-22-9-6-10-23(21-22)42-37-28(40)24-11-12-25(35-27(24)38-18-7-14-29(38,2)3)39-19-13-26(36-39)41-20-17-30(15-16-30)31(32,33)34/h6,9-13,19,21H,4-5,7-8,14-18,20H2,1-3H3,(H,37,40). The highest BCUT2D eigenvalue weighted by Crippen LogP contribution is 2.59. The number of ether oxygens (including phenoxy) is 1. The van der Waals surface area contributed by atoms with Crippen LogP contribution in [-0.4, -0.2) is 45.5 Å². The van der Waals surface area contributed by atoms with Crippen LogP contribution in [0, 0.1) is 5.41 Å². The molecule has 226 valence electrons. The molecule has 3 aromatic rings. The fraction of sp³-hybridized carbons (Fsp3) is 0.516. The van der Waals surface area contributed by atoms with Gasteiger partial charge in [0.15, 0.2) is 5.82 Å². The van der Waals surface area contributed by atoms with Crippen LogP contribution in [0.1, 0.15) is 81.6 Å². The molecule has 2 fully saturated rings. The van der Waals surface area contributed by atoms with Crippen molar-refractivity contribution < 1.29 is 22.7 Å². The molecule has 11 heteroatoms. The molecule has 1 saturated heterocycles. The molecule has 2 aromatic heterocycles. The number of aromatic nitrogens is 3. The Labute approximate surface area is 249 Å². The van der Waals surface area contributed by atoms with Gasteiger partial charge in [-0.3, -0.25) is 9.52 Å². The summed E-state index contributed by atoms with van der Waals surface area (Å²) >= 11 is 1.29. The van der Waals surface area contributed by atoms with Gasteiger partial charge in [-0.1, -0.05) is 25.5 Å². The number of hydrogen-bond acceptors (Lipinski definition) is 6. The van der Waals surface area contributed by atoms with Crippen LogP contribution in [0.3, 0.4) is 0 Å². The molecule has 0 unspecified atom stereocenters. The fourth-order valence-corrected chi connectivity index (χ4v) is 6.12. The highest BCUT2D eigenvalue weighted by Gasteiger charge is 2.62. The third-order valence-electron chi connectivity index (χ3n) is 8.33. The van der Waals surface area contributed by atoms with E-state index in [9.17, 15) is 18.0 Å². The van der Waals surface area contributed by atoms with E-state index in [2.05, 4.69) is 47.6 Å². The van der Waals surface area contributed by atoms with E-state index in [0.29, 0.717) is 17.2 Å². The molecule has 3 heterocycles.